The highest BCUT2D eigenvalue weighted by atomic mass is 32.1. The van der Waals surface area contributed by atoms with E-state index in [1.807, 2.05) is 0 Å². The molecule has 0 amide bonds. The molecule has 0 aliphatic rings. The van der Waals surface area contributed by atoms with Crippen LogP contribution in [0.5, 0.6) is 0 Å². The molecule has 0 radical (unpaired) electrons. The van der Waals surface area contributed by atoms with Gasteiger partial charge in [0.25, 0.3) is 0 Å². The Morgan fingerprint density at radius 2 is 2.05 bits per heavy atom. The first-order chi connectivity index (χ1) is 10.1. The van der Waals surface area contributed by atoms with Crippen molar-refractivity contribution in [2.24, 2.45) is 4.99 Å². The fraction of sp³-hybridized carbons (Fsp3) is 0.467. The molecule has 0 saturated carbocycles. The monoisotopic (exact) mass is 322 g/mol. The molecule has 0 spiro atoms. The summed E-state index contributed by atoms with van der Waals surface area (Å²) in [7, 11) is 1.79. The van der Waals surface area contributed by atoms with Crippen molar-refractivity contribution in [3.05, 3.63) is 38.0 Å². The minimum atomic E-state index is 0.489. The first-order valence-corrected chi connectivity index (χ1v) is 8.72. The van der Waals surface area contributed by atoms with Gasteiger partial charge in [0.05, 0.1) is 23.8 Å². The minimum absolute atomic E-state index is 0.489. The molecule has 0 fully saturated rings. The molecule has 6 heteroatoms. The number of nitrogens with zero attached hydrogens (tertiary/aromatic N) is 2. The molecule has 2 heterocycles. The molecule has 0 saturated heterocycles. The van der Waals surface area contributed by atoms with Crippen LogP contribution in [0.4, 0.5) is 0 Å². The summed E-state index contributed by atoms with van der Waals surface area (Å²) in [6, 6.07) is 4.29. The van der Waals surface area contributed by atoms with Crippen molar-refractivity contribution in [2.75, 3.05) is 7.05 Å². The summed E-state index contributed by atoms with van der Waals surface area (Å²) in [6.45, 7) is 7.95. The highest BCUT2D eigenvalue weighted by Gasteiger charge is 2.06. The second kappa shape index (κ2) is 7.56. The number of hydrogen-bond donors (Lipinski definition) is 2. The van der Waals surface area contributed by atoms with Crippen molar-refractivity contribution < 1.29 is 0 Å². The summed E-state index contributed by atoms with van der Waals surface area (Å²) in [5.74, 6) is 1.29. The summed E-state index contributed by atoms with van der Waals surface area (Å²) in [5, 5.41) is 9.92. The summed E-state index contributed by atoms with van der Waals surface area (Å²) in [4.78, 5) is 11.5. The smallest absolute Gasteiger partial charge is 0.191 e. The Kier molecular flexibility index (Phi) is 5.76. The molecule has 0 aliphatic carbocycles. The molecule has 2 aromatic heterocycles. The second-order valence-corrected chi connectivity index (χ2v) is 7.39. The maximum absolute atomic E-state index is 4.61. The zero-order valence-corrected chi connectivity index (χ0v) is 14.6. The van der Waals surface area contributed by atoms with Crippen molar-refractivity contribution in [3.63, 3.8) is 0 Å². The van der Waals surface area contributed by atoms with E-state index in [4.69, 9.17) is 0 Å². The highest BCUT2D eigenvalue weighted by Crippen LogP contribution is 2.19. The topological polar surface area (TPSA) is 49.3 Å². The number of nitrogens with one attached hydrogen (secondary N) is 2. The minimum Gasteiger partial charge on any atom is -0.352 e. The zero-order chi connectivity index (χ0) is 15.2. The molecule has 0 aromatic carbocycles. The molecule has 2 N–H and O–H groups in total. The SMILES string of the molecule is CN=C(NCc1csc(C(C)C)n1)NCc1ccc(C)s1. The molecular weight excluding hydrogens is 300 g/mol. The van der Waals surface area contributed by atoms with E-state index in [2.05, 4.69) is 58.9 Å². The van der Waals surface area contributed by atoms with Gasteiger partial charge in [-0.2, -0.15) is 0 Å². The fourth-order valence-electron chi connectivity index (χ4n) is 1.81. The summed E-state index contributed by atoms with van der Waals surface area (Å²) >= 11 is 3.53. The summed E-state index contributed by atoms with van der Waals surface area (Å²) < 4.78 is 0. The van der Waals surface area contributed by atoms with Crippen molar-refractivity contribution in [3.8, 4) is 0 Å². The Hall–Kier alpha value is -1.40. The van der Waals surface area contributed by atoms with Crippen molar-refractivity contribution >= 4 is 28.6 Å². The Morgan fingerprint density at radius 1 is 1.29 bits per heavy atom. The summed E-state index contributed by atoms with van der Waals surface area (Å²) in [6.07, 6.45) is 0. The van der Waals surface area contributed by atoms with E-state index >= 15 is 0 Å². The lowest BCUT2D eigenvalue weighted by Gasteiger charge is -2.10. The lowest BCUT2D eigenvalue weighted by atomic mass is 10.2. The number of guanidine groups is 1. The van der Waals surface area contributed by atoms with Crippen LogP contribution in [0, 0.1) is 6.92 Å². The number of aliphatic imine (C=N–C) groups is 1. The van der Waals surface area contributed by atoms with Gasteiger partial charge in [0.2, 0.25) is 0 Å². The lowest BCUT2D eigenvalue weighted by Crippen LogP contribution is -2.36. The number of aryl methyl sites for hydroxylation is 1. The Morgan fingerprint density at radius 3 is 2.62 bits per heavy atom. The van der Waals surface area contributed by atoms with Gasteiger partial charge in [-0.25, -0.2) is 4.98 Å². The molecule has 0 bridgehead atoms. The van der Waals surface area contributed by atoms with E-state index in [-0.39, 0.29) is 0 Å². The molecular formula is C15H22N4S2. The fourth-order valence-corrected chi connectivity index (χ4v) is 3.48. The first kappa shape index (κ1) is 16.0. The van der Waals surface area contributed by atoms with E-state index in [0.717, 1.165) is 18.2 Å². The van der Waals surface area contributed by atoms with Gasteiger partial charge in [-0.15, -0.1) is 22.7 Å². The maximum atomic E-state index is 4.61. The average Bonchev–Trinajstić information content (AvgIpc) is 3.08. The molecule has 114 valence electrons. The Balaban J connectivity index is 1.82. The van der Waals surface area contributed by atoms with Crippen LogP contribution in [0.3, 0.4) is 0 Å². The third-order valence-electron chi connectivity index (χ3n) is 2.95. The Bertz CT molecular complexity index is 598. The van der Waals surface area contributed by atoms with Crippen LogP contribution >= 0.6 is 22.7 Å². The lowest BCUT2D eigenvalue weighted by molar-refractivity contribution is 0.787. The molecule has 4 nitrogen and oxygen atoms in total. The third kappa shape index (κ3) is 4.82. The van der Waals surface area contributed by atoms with E-state index in [0.29, 0.717) is 12.5 Å². The molecule has 0 atom stereocenters. The van der Waals surface area contributed by atoms with Gasteiger partial charge in [-0.05, 0) is 19.1 Å². The van der Waals surface area contributed by atoms with Crippen LogP contribution in [-0.2, 0) is 13.1 Å². The average molecular weight is 323 g/mol. The normalized spacial score (nSPS) is 12.0. The van der Waals surface area contributed by atoms with Crippen molar-refractivity contribution in [1.82, 2.24) is 15.6 Å². The van der Waals surface area contributed by atoms with Gasteiger partial charge in [0, 0.05) is 28.1 Å². The zero-order valence-electron chi connectivity index (χ0n) is 12.9. The van der Waals surface area contributed by atoms with Crippen LogP contribution in [-0.4, -0.2) is 18.0 Å². The van der Waals surface area contributed by atoms with Crippen LogP contribution in [0.25, 0.3) is 0 Å². The van der Waals surface area contributed by atoms with Crippen LogP contribution < -0.4 is 10.6 Å². The quantitative estimate of drug-likeness (QED) is 0.654. The van der Waals surface area contributed by atoms with Crippen LogP contribution in [0.15, 0.2) is 22.5 Å². The third-order valence-corrected chi connectivity index (χ3v) is 5.14. The van der Waals surface area contributed by atoms with Gasteiger partial charge in [0.1, 0.15) is 0 Å². The van der Waals surface area contributed by atoms with E-state index in [1.165, 1.54) is 14.8 Å². The number of thiazole rings is 1. The predicted octanol–water partition coefficient (Wildman–Crippen LogP) is 3.50. The maximum Gasteiger partial charge on any atom is 0.191 e. The Labute approximate surface area is 134 Å². The van der Waals surface area contributed by atoms with Crippen LogP contribution in [0.1, 0.15) is 40.2 Å². The first-order valence-electron chi connectivity index (χ1n) is 7.02. The molecule has 0 unspecified atom stereocenters. The number of aromatic nitrogens is 1. The van der Waals surface area contributed by atoms with Crippen molar-refractivity contribution in [1.29, 1.82) is 0 Å². The van der Waals surface area contributed by atoms with Gasteiger partial charge < -0.3 is 10.6 Å². The van der Waals surface area contributed by atoms with E-state index in [1.54, 1.807) is 29.7 Å². The molecule has 0 aliphatic heterocycles. The second-order valence-electron chi connectivity index (χ2n) is 5.12. The predicted molar refractivity (Wildman–Crippen MR) is 92.3 cm³/mol. The van der Waals surface area contributed by atoms with Gasteiger partial charge in [-0.3, -0.25) is 4.99 Å². The standard InChI is InChI=1S/C15H22N4S2/c1-10(2)14-19-12(9-20-14)7-17-15(16-4)18-8-13-6-5-11(3)21-13/h5-6,9-10H,7-8H2,1-4H3,(H2,16,17,18). The number of hydrogen-bond acceptors (Lipinski definition) is 4. The van der Waals surface area contributed by atoms with Gasteiger partial charge in [-0.1, -0.05) is 13.8 Å². The van der Waals surface area contributed by atoms with E-state index < -0.39 is 0 Å². The van der Waals surface area contributed by atoms with Gasteiger partial charge in [0.15, 0.2) is 5.96 Å². The van der Waals surface area contributed by atoms with Gasteiger partial charge >= 0.3 is 0 Å². The highest BCUT2D eigenvalue weighted by molar-refractivity contribution is 7.11. The number of thiophene rings is 1. The molecule has 2 aromatic rings. The van der Waals surface area contributed by atoms with E-state index in [9.17, 15) is 0 Å². The number of rotatable bonds is 5. The molecule has 2 rings (SSSR count). The largest absolute Gasteiger partial charge is 0.352 e. The molecule has 21 heavy (non-hydrogen) atoms. The summed E-state index contributed by atoms with van der Waals surface area (Å²) in [5.41, 5.74) is 1.07. The van der Waals surface area contributed by atoms with Crippen LogP contribution in [0.2, 0.25) is 0 Å². The van der Waals surface area contributed by atoms with Crippen molar-refractivity contribution in [2.45, 2.75) is 39.8 Å².